The Hall–Kier alpha value is -3.67. The average Bonchev–Trinajstić information content (AvgIpc) is 3.21. The van der Waals surface area contributed by atoms with E-state index in [1.165, 1.54) is 6.08 Å². The van der Waals surface area contributed by atoms with E-state index in [0.29, 0.717) is 12.1 Å². The first-order valence-corrected chi connectivity index (χ1v) is 8.52. The molecule has 27 heavy (non-hydrogen) atoms. The molecule has 0 saturated heterocycles. The number of hydrogen-bond acceptors (Lipinski definition) is 3. The molecule has 0 bridgehead atoms. The van der Waals surface area contributed by atoms with E-state index < -0.39 is 0 Å². The summed E-state index contributed by atoms with van der Waals surface area (Å²) in [6, 6.07) is 16.5. The molecule has 0 aliphatic carbocycles. The van der Waals surface area contributed by atoms with Crippen molar-refractivity contribution in [1.82, 2.24) is 15.1 Å². The monoisotopic (exact) mass is 360 g/mol. The minimum Gasteiger partial charge on any atom is -0.355 e. The predicted octanol–water partition coefficient (Wildman–Crippen LogP) is 2.94. The van der Waals surface area contributed by atoms with Crippen molar-refractivity contribution in [2.45, 2.75) is 6.54 Å². The summed E-state index contributed by atoms with van der Waals surface area (Å²) in [6.45, 7) is 0.578. The Morgan fingerprint density at radius 2 is 1.85 bits per heavy atom. The molecule has 0 fully saturated rings. The highest BCUT2D eigenvalue weighted by Gasteiger charge is 2.06. The van der Waals surface area contributed by atoms with Crippen LogP contribution in [0.5, 0.6) is 0 Å². The van der Waals surface area contributed by atoms with Crippen LogP contribution < -0.4 is 10.6 Å². The van der Waals surface area contributed by atoms with Crippen LogP contribution in [-0.4, -0.2) is 28.6 Å². The van der Waals surface area contributed by atoms with Crippen molar-refractivity contribution in [1.29, 1.82) is 0 Å². The number of para-hydroxylation sites is 1. The number of rotatable bonds is 6. The quantitative estimate of drug-likeness (QED) is 0.664. The van der Waals surface area contributed by atoms with Gasteiger partial charge in [0.25, 0.3) is 5.91 Å². The van der Waals surface area contributed by atoms with Gasteiger partial charge in [0.15, 0.2) is 0 Å². The maximum atomic E-state index is 12.3. The van der Waals surface area contributed by atoms with Crippen LogP contribution in [0.4, 0.5) is 5.69 Å². The van der Waals surface area contributed by atoms with Gasteiger partial charge in [0.2, 0.25) is 5.91 Å². The van der Waals surface area contributed by atoms with E-state index >= 15 is 0 Å². The molecule has 0 aliphatic rings. The van der Waals surface area contributed by atoms with Crippen LogP contribution in [0.25, 0.3) is 6.08 Å². The van der Waals surface area contributed by atoms with Gasteiger partial charge >= 0.3 is 0 Å². The molecular formula is C21H20N4O2. The maximum absolute atomic E-state index is 12.3. The third kappa shape index (κ3) is 4.92. The summed E-state index contributed by atoms with van der Waals surface area (Å²) in [5.74, 6) is -0.365. The molecule has 6 nitrogen and oxygen atoms in total. The molecule has 3 rings (SSSR count). The molecule has 0 spiro atoms. The summed E-state index contributed by atoms with van der Waals surface area (Å²) < 4.78 is 1.80. The lowest BCUT2D eigenvalue weighted by atomic mass is 10.1. The zero-order chi connectivity index (χ0) is 19.1. The summed E-state index contributed by atoms with van der Waals surface area (Å²) in [4.78, 5) is 23.8. The van der Waals surface area contributed by atoms with Crippen LogP contribution >= 0.6 is 0 Å². The van der Waals surface area contributed by atoms with E-state index in [0.717, 1.165) is 16.8 Å². The number of nitrogens with one attached hydrogen (secondary N) is 2. The zero-order valence-electron chi connectivity index (χ0n) is 14.9. The van der Waals surface area contributed by atoms with Crippen molar-refractivity contribution in [3.63, 3.8) is 0 Å². The summed E-state index contributed by atoms with van der Waals surface area (Å²) >= 11 is 0. The van der Waals surface area contributed by atoms with Gasteiger partial charge in [-0.3, -0.25) is 14.3 Å². The molecule has 6 heteroatoms. The second kappa shape index (κ2) is 8.62. The Morgan fingerprint density at radius 1 is 1.07 bits per heavy atom. The molecule has 0 unspecified atom stereocenters. The predicted molar refractivity (Wildman–Crippen MR) is 105 cm³/mol. The first kappa shape index (κ1) is 18.1. The van der Waals surface area contributed by atoms with E-state index in [1.54, 1.807) is 48.3 Å². The molecule has 1 heterocycles. The number of aromatic nitrogens is 2. The van der Waals surface area contributed by atoms with Gasteiger partial charge in [-0.1, -0.05) is 30.3 Å². The molecule has 0 atom stereocenters. The molecule has 2 aromatic carbocycles. The lowest BCUT2D eigenvalue weighted by Crippen LogP contribution is -2.17. The van der Waals surface area contributed by atoms with Gasteiger partial charge in [-0.15, -0.1) is 0 Å². The Labute approximate surface area is 157 Å². The molecule has 1 aromatic heterocycles. The Morgan fingerprint density at radius 3 is 2.56 bits per heavy atom. The van der Waals surface area contributed by atoms with Crippen molar-refractivity contribution >= 4 is 23.6 Å². The van der Waals surface area contributed by atoms with Crippen LogP contribution in [0, 0.1) is 0 Å². The van der Waals surface area contributed by atoms with E-state index in [9.17, 15) is 9.59 Å². The van der Waals surface area contributed by atoms with Crippen LogP contribution in [0.3, 0.4) is 0 Å². The number of carbonyl (C=O) groups is 2. The van der Waals surface area contributed by atoms with Gasteiger partial charge in [0.05, 0.1) is 6.54 Å². The highest BCUT2D eigenvalue weighted by Crippen LogP contribution is 2.16. The van der Waals surface area contributed by atoms with Crippen molar-refractivity contribution in [2.75, 3.05) is 12.4 Å². The third-order valence-corrected chi connectivity index (χ3v) is 3.99. The highest BCUT2D eigenvalue weighted by molar-refractivity contribution is 6.02. The normalized spacial score (nSPS) is 10.7. The maximum Gasteiger partial charge on any atom is 0.251 e. The SMILES string of the molecule is CNC(=O)c1ccc(C=CC(=O)Nc2ccccc2Cn2cccn2)cc1. The standard InChI is InChI=1S/C21H20N4O2/c1-22-21(27)17-10-7-16(8-11-17)9-12-20(26)24-19-6-3-2-5-18(19)15-25-14-4-13-23-25/h2-14H,15H2,1H3,(H,22,27)(H,24,26). The van der Waals surface area contributed by atoms with Gasteiger partial charge in [-0.25, -0.2) is 0 Å². The van der Waals surface area contributed by atoms with Gasteiger partial charge in [-0.05, 0) is 41.5 Å². The first-order chi connectivity index (χ1) is 13.2. The number of nitrogens with zero attached hydrogens (tertiary/aromatic N) is 2. The van der Waals surface area contributed by atoms with E-state index in [4.69, 9.17) is 0 Å². The molecule has 0 aliphatic heterocycles. The largest absolute Gasteiger partial charge is 0.355 e. The van der Waals surface area contributed by atoms with E-state index in [1.807, 2.05) is 36.5 Å². The molecule has 0 radical (unpaired) electrons. The second-order valence-electron chi connectivity index (χ2n) is 5.88. The fourth-order valence-electron chi connectivity index (χ4n) is 2.58. The first-order valence-electron chi connectivity index (χ1n) is 8.52. The average molecular weight is 360 g/mol. The summed E-state index contributed by atoms with van der Waals surface area (Å²) in [7, 11) is 1.59. The van der Waals surface area contributed by atoms with Gasteiger partial charge in [0, 0.05) is 36.8 Å². The van der Waals surface area contributed by atoms with Crippen LogP contribution in [0.15, 0.2) is 73.1 Å². The Kier molecular flexibility index (Phi) is 5.79. The van der Waals surface area contributed by atoms with Gasteiger partial charge in [-0.2, -0.15) is 5.10 Å². The molecule has 3 aromatic rings. The van der Waals surface area contributed by atoms with Crippen LogP contribution in [-0.2, 0) is 11.3 Å². The van der Waals surface area contributed by atoms with E-state index in [2.05, 4.69) is 15.7 Å². The van der Waals surface area contributed by atoms with Crippen molar-refractivity contribution in [3.8, 4) is 0 Å². The van der Waals surface area contributed by atoms with Gasteiger partial charge < -0.3 is 10.6 Å². The summed E-state index contributed by atoms with van der Waals surface area (Å²) in [6.07, 6.45) is 6.78. The summed E-state index contributed by atoms with van der Waals surface area (Å²) in [5, 5.41) is 9.67. The third-order valence-electron chi connectivity index (χ3n) is 3.99. The number of amides is 2. The minimum atomic E-state index is -0.224. The highest BCUT2D eigenvalue weighted by atomic mass is 16.2. The van der Waals surface area contributed by atoms with Gasteiger partial charge in [0.1, 0.15) is 0 Å². The smallest absolute Gasteiger partial charge is 0.251 e. The minimum absolute atomic E-state index is 0.142. The molecule has 2 amide bonds. The van der Waals surface area contributed by atoms with Crippen LogP contribution in [0.2, 0.25) is 0 Å². The number of hydrogen-bond donors (Lipinski definition) is 2. The lowest BCUT2D eigenvalue weighted by molar-refractivity contribution is -0.111. The zero-order valence-corrected chi connectivity index (χ0v) is 14.9. The topological polar surface area (TPSA) is 76.0 Å². The number of benzene rings is 2. The second-order valence-corrected chi connectivity index (χ2v) is 5.88. The van der Waals surface area contributed by atoms with Crippen molar-refractivity contribution in [3.05, 3.63) is 89.8 Å². The van der Waals surface area contributed by atoms with Crippen LogP contribution in [0.1, 0.15) is 21.5 Å². The molecular weight excluding hydrogens is 340 g/mol. The molecule has 0 saturated carbocycles. The Balaban J connectivity index is 1.65. The summed E-state index contributed by atoms with van der Waals surface area (Å²) in [5.41, 5.74) is 3.13. The Bertz CT molecular complexity index is 945. The number of carbonyl (C=O) groups excluding carboxylic acids is 2. The fraction of sp³-hybridized carbons (Fsp3) is 0.0952. The molecule has 136 valence electrons. The lowest BCUT2D eigenvalue weighted by Gasteiger charge is -2.10. The fourth-order valence-corrected chi connectivity index (χ4v) is 2.58. The van der Waals surface area contributed by atoms with E-state index in [-0.39, 0.29) is 11.8 Å². The van der Waals surface area contributed by atoms with Crippen molar-refractivity contribution < 1.29 is 9.59 Å². The van der Waals surface area contributed by atoms with Crippen molar-refractivity contribution in [2.24, 2.45) is 0 Å². The number of anilines is 1. The molecule has 2 N–H and O–H groups in total.